The van der Waals surface area contributed by atoms with Gasteiger partial charge in [-0.25, -0.2) is 0 Å². The molecule has 0 amide bonds. The van der Waals surface area contributed by atoms with Gasteiger partial charge in [0, 0.05) is 30.8 Å². The van der Waals surface area contributed by atoms with Crippen LogP contribution in [0.2, 0.25) is 0 Å². The SMILES string of the molecule is COC(=O)Cn1nc(C)c2c1CCNC2.Cl. The van der Waals surface area contributed by atoms with Crippen LogP contribution < -0.4 is 5.32 Å². The number of hydrogen-bond acceptors (Lipinski definition) is 4. The second-order valence-electron chi connectivity index (χ2n) is 3.67. The summed E-state index contributed by atoms with van der Waals surface area (Å²) in [4.78, 5) is 11.2. The van der Waals surface area contributed by atoms with Crippen molar-refractivity contribution in [2.75, 3.05) is 13.7 Å². The van der Waals surface area contributed by atoms with Gasteiger partial charge in [0.15, 0.2) is 0 Å². The topological polar surface area (TPSA) is 56.2 Å². The van der Waals surface area contributed by atoms with Crippen molar-refractivity contribution >= 4 is 18.4 Å². The van der Waals surface area contributed by atoms with Gasteiger partial charge in [-0.1, -0.05) is 0 Å². The molecule has 0 atom stereocenters. The number of fused-ring (bicyclic) bond motifs is 1. The molecule has 16 heavy (non-hydrogen) atoms. The fourth-order valence-electron chi connectivity index (χ4n) is 1.91. The van der Waals surface area contributed by atoms with E-state index in [9.17, 15) is 4.79 Å². The van der Waals surface area contributed by atoms with E-state index in [0.717, 1.165) is 30.9 Å². The molecule has 1 aromatic heterocycles. The van der Waals surface area contributed by atoms with Crippen LogP contribution in [-0.2, 0) is 29.0 Å². The Labute approximate surface area is 101 Å². The lowest BCUT2D eigenvalue weighted by molar-refractivity contribution is -0.141. The maximum absolute atomic E-state index is 11.2. The van der Waals surface area contributed by atoms with Gasteiger partial charge in [-0.05, 0) is 6.92 Å². The Morgan fingerprint density at radius 2 is 2.38 bits per heavy atom. The molecular formula is C10H16ClN3O2. The summed E-state index contributed by atoms with van der Waals surface area (Å²) in [7, 11) is 1.40. The standard InChI is InChI=1S/C10H15N3O2.ClH/c1-7-8-5-11-4-3-9(8)13(12-7)6-10(14)15-2;/h11H,3-6H2,1-2H3;1H. The Morgan fingerprint density at radius 1 is 1.62 bits per heavy atom. The molecule has 0 aromatic carbocycles. The molecular weight excluding hydrogens is 230 g/mol. The smallest absolute Gasteiger partial charge is 0.327 e. The summed E-state index contributed by atoms with van der Waals surface area (Å²) in [5.74, 6) is -0.251. The molecule has 5 nitrogen and oxygen atoms in total. The highest BCUT2D eigenvalue weighted by atomic mass is 35.5. The lowest BCUT2D eigenvalue weighted by Crippen LogP contribution is -2.26. The Balaban J connectivity index is 0.00000128. The summed E-state index contributed by atoms with van der Waals surface area (Å²) >= 11 is 0. The molecule has 0 radical (unpaired) electrons. The average molecular weight is 246 g/mol. The molecule has 2 rings (SSSR count). The number of halogens is 1. The number of ether oxygens (including phenoxy) is 1. The van der Waals surface area contributed by atoms with E-state index in [0.29, 0.717) is 0 Å². The number of rotatable bonds is 2. The third kappa shape index (κ3) is 2.36. The van der Waals surface area contributed by atoms with Gasteiger partial charge >= 0.3 is 5.97 Å². The second-order valence-corrected chi connectivity index (χ2v) is 3.67. The van der Waals surface area contributed by atoms with E-state index in [-0.39, 0.29) is 24.9 Å². The van der Waals surface area contributed by atoms with Crippen LogP contribution in [0.25, 0.3) is 0 Å². The first-order chi connectivity index (χ1) is 7.22. The molecule has 0 saturated heterocycles. The molecule has 6 heteroatoms. The van der Waals surface area contributed by atoms with Gasteiger partial charge in [0.2, 0.25) is 0 Å². The first-order valence-corrected chi connectivity index (χ1v) is 5.05. The summed E-state index contributed by atoms with van der Waals surface area (Å²) < 4.78 is 6.40. The number of nitrogens with one attached hydrogen (secondary N) is 1. The zero-order valence-corrected chi connectivity index (χ0v) is 10.3. The van der Waals surface area contributed by atoms with Crippen molar-refractivity contribution in [3.8, 4) is 0 Å². The third-order valence-electron chi connectivity index (χ3n) is 2.71. The lowest BCUT2D eigenvalue weighted by Gasteiger charge is -2.14. The molecule has 0 spiro atoms. The largest absolute Gasteiger partial charge is 0.468 e. The van der Waals surface area contributed by atoms with Crippen molar-refractivity contribution in [1.82, 2.24) is 15.1 Å². The first kappa shape index (κ1) is 13.0. The van der Waals surface area contributed by atoms with Crippen molar-refractivity contribution in [3.63, 3.8) is 0 Å². The first-order valence-electron chi connectivity index (χ1n) is 5.05. The predicted octanol–water partition coefficient (Wildman–Crippen LogP) is 0.432. The fourth-order valence-corrected chi connectivity index (χ4v) is 1.91. The zero-order chi connectivity index (χ0) is 10.8. The van der Waals surface area contributed by atoms with Gasteiger partial charge in [-0.2, -0.15) is 5.10 Å². The van der Waals surface area contributed by atoms with Gasteiger partial charge in [0.25, 0.3) is 0 Å². The molecule has 1 aliphatic heterocycles. The van der Waals surface area contributed by atoms with E-state index >= 15 is 0 Å². The van der Waals surface area contributed by atoms with Crippen molar-refractivity contribution in [1.29, 1.82) is 0 Å². The molecule has 0 fully saturated rings. The van der Waals surface area contributed by atoms with Crippen LogP contribution in [0.4, 0.5) is 0 Å². The molecule has 0 aliphatic carbocycles. The maximum atomic E-state index is 11.2. The highest BCUT2D eigenvalue weighted by molar-refractivity contribution is 5.85. The number of carbonyl (C=O) groups excluding carboxylic acids is 1. The normalized spacial score (nSPS) is 13.9. The van der Waals surface area contributed by atoms with E-state index < -0.39 is 0 Å². The van der Waals surface area contributed by atoms with Gasteiger partial charge in [-0.3, -0.25) is 9.48 Å². The monoisotopic (exact) mass is 245 g/mol. The van der Waals surface area contributed by atoms with Crippen LogP contribution in [0, 0.1) is 6.92 Å². The Hall–Kier alpha value is -1.07. The minimum absolute atomic E-state index is 0. The van der Waals surface area contributed by atoms with Crippen molar-refractivity contribution in [2.24, 2.45) is 0 Å². The number of aryl methyl sites for hydroxylation is 1. The number of carbonyl (C=O) groups is 1. The fraction of sp³-hybridized carbons (Fsp3) is 0.600. The Morgan fingerprint density at radius 3 is 3.06 bits per heavy atom. The van der Waals surface area contributed by atoms with Crippen LogP contribution in [0.3, 0.4) is 0 Å². The van der Waals surface area contributed by atoms with Crippen LogP contribution in [0.5, 0.6) is 0 Å². The van der Waals surface area contributed by atoms with Crippen LogP contribution >= 0.6 is 12.4 Å². The lowest BCUT2D eigenvalue weighted by atomic mass is 10.1. The molecule has 2 heterocycles. The van der Waals surface area contributed by atoms with E-state index in [1.165, 1.54) is 12.7 Å². The summed E-state index contributed by atoms with van der Waals surface area (Å²) in [5.41, 5.74) is 3.39. The number of aromatic nitrogens is 2. The summed E-state index contributed by atoms with van der Waals surface area (Å²) in [6.45, 7) is 3.98. The molecule has 0 unspecified atom stereocenters. The Kier molecular flexibility index (Phi) is 4.32. The van der Waals surface area contributed by atoms with Gasteiger partial charge in [-0.15, -0.1) is 12.4 Å². The van der Waals surface area contributed by atoms with E-state index in [4.69, 9.17) is 0 Å². The quantitative estimate of drug-likeness (QED) is 0.768. The maximum Gasteiger partial charge on any atom is 0.327 e. The van der Waals surface area contributed by atoms with Crippen LogP contribution in [0.15, 0.2) is 0 Å². The third-order valence-corrected chi connectivity index (χ3v) is 2.71. The minimum Gasteiger partial charge on any atom is -0.468 e. The number of hydrogen-bond donors (Lipinski definition) is 1. The molecule has 0 saturated carbocycles. The van der Waals surface area contributed by atoms with Crippen molar-refractivity contribution in [3.05, 3.63) is 17.0 Å². The molecule has 90 valence electrons. The van der Waals surface area contributed by atoms with Crippen molar-refractivity contribution in [2.45, 2.75) is 26.4 Å². The van der Waals surface area contributed by atoms with E-state index in [2.05, 4.69) is 15.2 Å². The number of nitrogens with zero attached hydrogens (tertiary/aromatic N) is 2. The van der Waals surface area contributed by atoms with Gasteiger partial charge in [0.05, 0.1) is 12.8 Å². The van der Waals surface area contributed by atoms with E-state index in [1.54, 1.807) is 4.68 Å². The second kappa shape index (κ2) is 5.32. The van der Waals surface area contributed by atoms with Crippen molar-refractivity contribution < 1.29 is 9.53 Å². The van der Waals surface area contributed by atoms with Crippen LogP contribution in [-0.4, -0.2) is 29.4 Å². The van der Waals surface area contributed by atoms with Crippen LogP contribution in [0.1, 0.15) is 17.0 Å². The summed E-state index contributed by atoms with van der Waals surface area (Å²) in [5, 5.41) is 7.65. The number of methoxy groups -OCH3 is 1. The predicted molar refractivity (Wildman–Crippen MR) is 61.6 cm³/mol. The van der Waals surface area contributed by atoms with E-state index in [1.807, 2.05) is 6.92 Å². The minimum atomic E-state index is -0.251. The number of esters is 1. The summed E-state index contributed by atoms with van der Waals surface area (Å²) in [6.07, 6.45) is 0.924. The molecule has 1 aromatic rings. The van der Waals surface area contributed by atoms with Gasteiger partial charge < -0.3 is 10.1 Å². The Bertz CT molecular complexity index is 390. The zero-order valence-electron chi connectivity index (χ0n) is 9.45. The van der Waals surface area contributed by atoms with Gasteiger partial charge in [0.1, 0.15) is 6.54 Å². The average Bonchev–Trinajstić information content (AvgIpc) is 2.57. The highest BCUT2D eigenvalue weighted by Crippen LogP contribution is 2.17. The highest BCUT2D eigenvalue weighted by Gasteiger charge is 2.19. The summed E-state index contributed by atoms with van der Waals surface area (Å²) in [6, 6.07) is 0. The molecule has 1 N–H and O–H groups in total. The molecule has 0 bridgehead atoms. The molecule has 1 aliphatic rings.